The molecule has 1 aliphatic rings. The summed E-state index contributed by atoms with van der Waals surface area (Å²) in [4.78, 5) is 24.1. The first-order chi connectivity index (χ1) is 9.02. The number of hydrogen-bond donors (Lipinski definition) is 1. The molecule has 1 heterocycles. The molecule has 1 aliphatic heterocycles. The van der Waals surface area contributed by atoms with Gasteiger partial charge in [-0.1, -0.05) is 0 Å². The van der Waals surface area contributed by atoms with E-state index in [2.05, 4.69) is 5.32 Å². The van der Waals surface area contributed by atoms with Crippen molar-refractivity contribution < 1.29 is 18.4 Å². The van der Waals surface area contributed by atoms with Crippen LogP contribution in [0, 0.1) is 0 Å². The van der Waals surface area contributed by atoms with E-state index >= 15 is 0 Å². The average Bonchev–Trinajstić information content (AvgIpc) is 2.73. The van der Waals surface area contributed by atoms with Crippen LogP contribution >= 0.6 is 0 Å². The molecule has 0 aromatic carbocycles. The predicted molar refractivity (Wildman–Crippen MR) is 73.9 cm³/mol. The zero-order valence-electron chi connectivity index (χ0n) is 12.0. The van der Waals surface area contributed by atoms with Crippen molar-refractivity contribution in [2.24, 2.45) is 0 Å². The fourth-order valence-corrected chi connectivity index (χ4v) is 3.40. The van der Waals surface area contributed by atoms with Crippen LogP contribution in [0.5, 0.6) is 0 Å². The van der Waals surface area contributed by atoms with Gasteiger partial charge in [0.1, 0.15) is 0 Å². The fraction of sp³-hybridized carbons (Fsp3) is 0.833. The van der Waals surface area contributed by atoms with Crippen LogP contribution in [-0.2, 0) is 18.4 Å². The lowest BCUT2D eigenvalue weighted by atomic mass is 10.4. The molecule has 0 bridgehead atoms. The van der Waals surface area contributed by atoms with Crippen molar-refractivity contribution in [3.05, 3.63) is 0 Å². The Labute approximate surface area is 115 Å². The normalized spacial score (nSPS) is 16.5. The predicted octanol–water partition coefficient (Wildman–Crippen LogP) is 0.480. The summed E-state index contributed by atoms with van der Waals surface area (Å²) < 4.78 is 10.8. The number of likely N-dealkylation sites (tertiary alicyclic amines) is 1. The minimum Gasteiger partial charge on any atom is -0.398 e. The number of rotatable bonds is 9. The van der Waals surface area contributed by atoms with Crippen molar-refractivity contribution in [3.8, 4) is 0 Å². The number of carbonyl (C=O) groups is 2. The highest BCUT2D eigenvalue weighted by atomic mass is 28.4. The zero-order chi connectivity index (χ0) is 14.3. The van der Waals surface area contributed by atoms with Gasteiger partial charge in [0.05, 0.1) is 0 Å². The van der Waals surface area contributed by atoms with Gasteiger partial charge in [-0.05, 0) is 25.6 Å². The summed E-state index contributed by atoms with van der Waals surface area (Å²) in [6, 6.07) is 0.925. The summed E-state index contributed by atoms with van der Waals surface area (Å²) in [7, 11) is 1.41. The van der Waals surface area contributed by atoms with Crippen LogP contribution in [0.2, 0.25) is 12.6 Å². The summed E-state index contributed by atoms with van der Waals surface area (Å²) in [5.74, 6) is -0.101. The van der Waals surface area contributed by atoms with E-state index in [1.54, 1.807) is 14.2 Å². The average molecular weight is 288 g/mol. The van der Waals surface area contributed by atoms with E-state index in [1.807, 2.05) is 6.55 Å². The zero-order valence-corrected chi connectivity index (χ0v) is 13.0. The topological polar surface area (TPSA) is 67.9 Å². The summed E-state index contributed by atoms with van der Waals surface area (Å²) in [5.41, 5.74) is 0. The standard InChI is InChI=1S/C12H24N2O4Si/c1-17-19(3,18-2)10-4-7-13-8-9-14-11(15)5-6-12(14)16/h13H,4-10H2,1-3H3. The molecule has 0 aromatic heterocycles. The maximum absolute atomic E-state index is 11.4. The van der Waals surface area contributed by atoms with Crippen molar-refractivity contribution >= 4 is 20.4 Å². The lowest BCUT2D eigenvalue weighted by Gasteiger charge is -2.22. The van der Waals surface area contributed by atoms with Gasteiger partial charge in [-0.3, -0.25) is 14.5 Å². The second-order valence-corrected chi connectivity index (χ2v) is 8.42. The first-order valence-electron chi connectivity index (χ1n) is 6.66. The van der Waals surface area contributed by atoms with E-state index in [9.17, 15) is 9.59 Å². The molecule has 110 valence electrons. The highest BCUT2D eigenvalue weighted by Gasteiger charge is 2.28. The quantitative estimate of drug-likeness (QED) is 0.380. The van der Waals surface area contributed by atoms with Crippen LogP contribution in [0.4, 0.5) is 0 Å². The van der Waals surface area contributed by atoms with Crippen molar-refractivity contribution in [1.82, 2.24) is 10.2 Å². The van der Waals surface area contributed by atoms with Gasteiger partial charge >= 0.3 is 8.56 Å². The summed E-state index contributed by atoms with van der Waals surface area (Å²) in [6.07, 6.45) is 1.70. The Morgan fingerprint density at radius 2 is 1.74 bits per heavy atom. The van der Waals surface area contributed by atoms with Crippen LogP contribution in [0.15, 0.2) is 0 Å². The summed E-state index contributed by atoms with van der Waals surface area (Å²) in [6.45, 7) is 4.00. The van der Waals surface area contributed by atoms with Gasteiger partial charge in [-0.15, -0.1) is 0 Å². The van der Waals surface area contributed by atoms with Gasteiger partial charge in [0, 0.05) is 40.2 Å². The Bertz CT molecular complexity index is 305. The molecule has 0 aromatic rings. The van der Waals surface area contributed by atoms with Gasteiger partial charge < -0.3 is 14.2 Å². The molecule has 0 radical (unpaired) electrons. The van der Waals surface area contributed by atoms with Crippen LogP contribution in [0.25, 0.3) is 0 Å². The monoisotopic (exact) mass is 288 g/mol. The second kappa shape index (κ2) is 7.74. The van der Waals surface area contributed by atoms with Gasteiger partial charge in [0.2, 0.25) is 11.8 Å². The lowest BCUT2D eigenvalue weighted by Crippen LogP contribution is -2.38. The molecule has 7 heteroatoms. The van der Waals surface area contributed by atoms with Crippen LogP contribution in [0.3, 0.4) is 0 Å². The molecule has 1 saturated heterocycles. The highest BCUT2D eigenvalue weighted by Crippen LogP contribution is 2.13. The van der Waals surface area contributed by atoms with Crippen molar-refractivity contribution in [1.29, 1.82) is 0 Å². The Balaban J connectivity index is 2.08. The number of carbonyl (C=O) groups excluding carboxylic acids is 2. The van der Waals surface area contributed by atoms with E-state index < -0.39 is 8.56 Å². The van der Waals surface area contributed by atoms with Gasteiger partial charge in [0.25, 0.3) is 0 Å². The summed E-state index contributed by atoms with van der Waals surface area (Å²) in [5, 5.41) is 3.24. The molecule has 0 unspecified atom stereocenters. The molecule has 6 nitrogen and oxygen atoms in total. The minimum absolute atomic E-state index is 0.0504. The Kier molecular flexibility index (Phi) is 6.63. The van der Waals surface area contributed by atoms with E-state index in [1.165, 1.54) is 4.90 Å². The molecule has 0 aliphatic carbocycles. The second-order valence-electron chi connectivity index (χ2n) is 4.83. The number of hydrogen-bond acceptors (Lipinski definition) is 5. The largest absolute Gasteiger partial charge is 0.398 e. The van der Waals surface area contributed by atoms with Gasteiger partial charge in [-0.25, -0.2) is 0 Å². The third kappa shape index (κ3) is 5.02. The molecular weight excluding hydrogens is 264 g/mol. The molecule has 1 fully saturated rings. The Morgan fingerprint density at radius 3 is 2.26 bits per heavy atom. The third-order valence-electron chi connectivity index (χ3n) is 3.52. The molecule has 0 atom stereocenters. The molecular formula is C12H24N2O4Si. The summed E-state index contributed by atoms with van der Waals surface area (Å²) >= 11 is 0. The maximum atomic E-state index is 11.4. The number of amides is 2. The molecule has 1 rings (SSSR count). The first kappa shape index (κ1) is 16.3. The number of imide groups is 1. The molecule has 0 spiro atoms. The van der Waals surface area contributed by atoms with E-state index in [4.69, 9.17) is 8.85 Å². The molecule has 19 heavy (non-hydrogen) atoms. The molecule has 2 amide bonds. The van der Waals surface area contributed by atoms with Gasteiger partial charge in [-0.2, -0.15) is 0 Å². The Hall–Kier alpha value is -0.763. The number of nitrogens with zero attached hydrogens (tertiary/aromatic N) is 1. The third-order valence-corrected chi connectivity index (χ3v) is 6.50. The van der Waals surface area contributed by atoms with Crippen molar-refractivity contribution in [3.63, 3.8) is 0 Å². The van der Waals surface area contributed by atoms with Crippen LogP contribution < -0.4 is 5.32 Å². The van der Waals surface area contributed by atoms with Crippen molar-refractivity contribution in [2.75, 3.05) is 33.9 Å². The van der Waals surface area contributed by atoms with Crippen molar-refractivity contribution in [2.45, 2.75) is 31.9 Å². The van der Waals surface area contributed by atoms with E-state index in [-0.39, 0.29) is 11.8 Å². The number of nitrogens with one attached hydrogen (secondary N) is 1. The molecule has 1 N–H and O–H groups in total. The van der Waals surface area contributed by atoms with Crippen LogP contribution in [0.1, 0.15) is 19.3 Å². The Morgan fingerprint density at radius 1 is 1.16 bits per heavy atom. The van der Waals surface area contributed by atoms with Gasteiger partial charge in [0.15, 0.2) is 0 Å². The van der Waals surface area contributed by atoms with E-state index in [0.717, 1.165) is 19.0 Å². The smallest absolute Gasteiger partial charge is 0.334 e. The highest BCUT2D eigenvalue weighted by molar-refractivity contribution is 6.65. The lowest BCUT2D eigenvalue weighted by molar-refractivity contribution is -0.138. The van der Waals surface area contributed by atoms with E-state index in [0.29, 0.717) is 25.9 Å². The minimum atomic E-state index is -1.96. The van der Waals surface area contributed by atoms with Crippen LogP contribution in [-0.4, -0.2) is 59.1 Å². The maximum Gasteiger partial charge on any atom is 0.334 e. The first-order valence-corrected chi connectivity index (χ1v) is 9.19. The molecule has 0 saturated carbocycles. The fourth-order valence-electron chi connectivity index (χ4n) is 2.01. The SMILES string of the molecule is CO[Si](C)(CCCNCCN1C(=O)CCC1=O)OC.